The predicted octanol–water partition coefficient (Wildman–Crippen LogP) is 2.88. The standard InChI is InChI=1S/C16H26O3/c17-11-5-3-1-2-4-6-15(13-18)12-14-7-9-16(19)10-8-14/h7-10,15,17-19H,1-6,11-13H2. The number of rotatable bonds is 10. The molecule has 0 aliphatic carbocycles. The average molecular weight is 266 g/mol. The van der Waals surface area contributed by atoms with E-state index in [0.29, 0.717) is 12.5 Å². The minimum absolute atomic E-state index is 0.220. The number of hydrogen-bond donors (Lipinski definition) is 3. The van der Waals surface area contributed by atoms with E-state index in [4.69, 9.17) is 5.11 Å². The Morgan fingerprint density at radius 3 is 2.11 bits per heavy atom. The molecule has 1 aromatic carbocycles. The van der Waals surface area contributed by atoms with Crippen molar-refractivity contribution in [3.05, 3.63) is 29.8 Å². The first kappa shape index (κ1) is 16.0. The van der Waals surface area contributed by atoms with E-state index in [1.165, 1.54) is 6.42 Å². The topological polar surface area (TPSA) is 60.7 Å². The van der Waals surface area contributed by atoms with Crippen LogP contribution < -0.4 is 0 Å². The van der Waals surface area contributed by atoms with Crippen LogP contribution in [0.4, 0.5) is 0 Å². The van der Waals surface area contributed by atoms with Crippen molar-refractivity contribution in [3.8, 4) is 5.75 Å². The summed E-state index contributed by atoms with van der Waals surface area (Å²) in [6.45, 7) is 0.512. The van der Waals surface area contributed by atoms with Gasteiger partial charge in [0.2, 0.25) is 0 Å². The van der Waals surface area contributed by atoms with E-state index in [1.54, 1.807) is 12.1 Å². The van der Waals surface area contributed by atoms with Crippen LogP contribution in [-0.2, 0) is 6.42 Å². The van der Waals surface area contributed by atoms with Gasteiger partial charge in [0.25, 0.3) is 0 Å². The summed E-state index contributed by atoms with van der Waals surface area (Å²) in [4.78, 5) is 0. The molecule has 0 aliphatic heterocycles. The van der Waals surface area contributed by atoms with Crippen LogP contribution in [0.3, 0.4) is 0 Å². The second-order valence-corrected chi connectivity index (χ2v) is 5.20. The maximum atomic E-state index is 9.40. The molecule has 3 nitrogen and oxygen atoms in total. The van der Waals surface area contributed by atoms with Gasteiger partial charge in [-0.1, -0.05) is 37.8 Å². The van der Waals surface area contributed by atoms with Crippen LogP contribution in [0, 0.1) is 5.92 Å². The summed E-state index contributed by atoms with van der Waals surface area (Å²) in [6, 6.07) is 7.22. The Morgan fingerprint density at radius 1 is 0.842 bits per heavy atom. The van der Waals surface area contributed by atoms with E-state index in [9.17, 15) is 10.2 Å². The van der Waals surface area contributed by atoms with E-state index in [2.05, 4.69) is 0 Å². The Balaban J connectivity index is 2.20. The maximum absolute atomic E-state index is 9.40. The minimum Gasteiger partial charge on any atom is -0.508 e. The highest BCUT2D eigenvalue weighted by atomic mass is 16.3. The van der Waals surface area contributed by atoms with Crippen molar-refractivity contribution >= 4 is 0 Å². The van der Waals surface area contributed by atoms with Crippen molar-refractivity contribution < 1.29 is 15.3 Å². The second-order valence-electron chi connectivity index (χ2n) is 5.20. The first-order valence-corrected chi connectivity index (χ1v) is 7.26. The fourth-order valence-corrected chi connectivity index (χ4v) is 2.30. The molecule has 1 rings (SSSR count). The third-order valence-electron chi connectivity index (χ3n) is 3.49. The molecular weight excluding hydrogens is 240 g/mol. The molecule has 0 saturated carbocycles. The average Bonchev–Trinajstić information content (AvgIpc) is 2.43. The highest BCUT2D eigenvalue weighted by Crippen LogP contribution is 2.18. The largest absolute Gasteiger partial charge is 0.508 e. The van der Waals surface area contributed by atoms with Gasteiger partial charge in [0, 0.05) is 13.2 Å². The van der Waals surface area contributed by atoms with Crippen LogP contribution in [0.25, 0.3) is 0 Å². The van der Waals surface area contributed by atoms with Gasteiger partial charge in [-0.25, -0.2) is 0 Å². The second kappa shape index (κ2) is 9.82. The Hall–Kier alpha value is -1.06. The number of hydrogen-bond acceptors (Lipinski definition) is 3. The zero-order valence-corrected chi connectivity index (χ0v) is 11.6. The van der Waals surface area contributed by atoms with Crippen LogP contribution in [0.5, 0.6) is 5.75 Å². The summed E-state index contributed by atoms with van der Waals surface area (Å²) in [5, 5.41) is 27.3. The first-order valence-electron chi connectivity index (χ1n) is 7.26. The fraction of sp³-hybridized carbons (Fsp3) is 0.625. The van der Waals surface area contributed by atoms with Gasteiger partial charge in [0.05, 0.1) is 0 Å². The molecule has 0 aliphatic rings. The van der Waals surface area contributed by atoms with Crippen molar-refractivity contribution in [2.75, 3.05) is 13.2 Å². The minimum atomic E-state index is 0.220. The zero-order chi connectivity index (χ0) is 13.9. The fourth-order valence-electron chi connectivity index (χ4n) is 2.30. The summed E-state index contributed by atoms with van der Waals surface area (Å²) in [5.41, 5.74) is 1.16. The molecule has 0 bridgehead atoms. The van der Waals surface area contributed by atoms with Crippen molar-refractivity contribution in [1.82, 2.24) is 0 Å². The number of aromatic hydroxyl groups is 1. The monoisotopic (exact) mass is 266 g/mol. The smallest absolute Gasteiger partial charge is 0.115 e. The molecule has 0 heterocycles. The van der Waals surface area contributed by atoms with Gasteiger partial charge < -0.3 is 15.3 Å². The van der Waals surface area contributed by atoms with Gasteiger partial charge in [-0.05, 0) is 42.9 Å². The molecule has 0 saturated heterocycles. The molecule has 19 heavy (non-hydrogen) atoms. The molecular formula is C16H26O3. The van der Waals surface area contributed by atoms with E-state index in [1.807, 2.05) is 12.1 Å². The third kappa shape index (κ3) is 7.19. The Labute approximate surface area is 115 Å². The number of phenols is 1. The summed E-state index contributed by atoms with van der Waals surface area (Å²) < 4.78 is 0. The summed E-state index contributed by atoms with van der Waals surface area (Å²) >= 11 is 0. The van der Waals surface area contributed by atoms with Crippen molar-refractivity contribution in [2.45, 2.75) is 44.9 Å². The van der Waals surface area contributed by atoms with Crippen LogP contribution in [0.2, 0.25) is 0 Å². The van der Waals surface area contributed by atoms with E-state index < -0.39 is 0 Å². The van der Waals surface area contributed by atoms with E-state index >= 15 is 0 Å². The molecule has 3 N–H and O–H groups in total. The first-order chi connectivity index (χ1) is 9.26. The molecule has 0 spiro atoms. The number of aliphatic hydroxyl groups is 2. The molecule has 1 atom stereocenters. The van der Waals surface area contributed by atoms with Crippen LogP contribution in [0.15, 0.2) is 24.3 Å². The zero-order valence-electron chi connectivity index (χ0n) is 11.6. The molecule has 0 fully saturated rings. The number of unbranched alkanes of at least 4 members (excludes halogenated alkanes) is 4. The van der Waals surface area contributed by atoms with Gasteiger partial charge in [0.15, 0.2) is 0 Å². The quantitative estimate of drug-likeness (QED) is 0.571. The maximum Gasteiger partial charge on any atom is 0.115 e. The lowest BCUT2D eigenvalue weighted by Gasteiger charge is -2.14. The van der Waals surface area contributed by atoms with Gasteiger partial charge in [-0.3, -0.25) is 0 Å². The van der Waals surface area contributed by atoms with Crippen molar-refractivity contribution in [3.63, 3.8) is 0 Å². The normalized spacial score (nSPS) is 12.5. The lowest BCUT2D eigenvalue weighted by Crippen LogP contribution is -2.09. The molecule has 0 amide bonds. The Bertz CT molecular complexity index is 321. The number of aliphatic hydroxyl groups excluding tert-OH is 2. The summed E-state index contributed by atoms with van der Waals surface area (Å²) in [6.07, 6.45) is 7.37. The molecule has 108 valence electrons. The van der Waals surface area contributed by atoms with Crippen molar-refractivity contribution in [1.29, 1.82) is 0 Å². The van der Waals surface area contributed by atoms with Crippen LogP contribution >= 0.6 is 0 Å². The highest BCUT2D eigenvalue weighted by Gasteiger charge is 2.08. The lowest BCUT2D eigenvalue weighted by atomic mass is 9.94. The number of benzene rings is 1. The van der Waals surface area contributed by atoms with Crippen LogP contribution in [0.1, 0.15) is 44.1 Å². The lowest BCUT2D eigenvalue weighted by molar-refractivity contribution is 0.214. The molecule has 0 radical (unpaired) electrons. The highest BCUT2D eigenvalue weighted by molar-refractivity contribution is 5.26. The molecule has 1 aromatic rings. The summed E-state index contributed by atoms with van der Waals surface area (Å²) in [5.74, 6) is 0.593. The van der Waals surface area contributed by atoms with E-state index in [-0.39, 0.29) is 12.4 Å². The molecule has 1 unspecified atom stereocenters. The van der Waals surface area contributed by atoms with Gasteiger partial charge in [0.1, 0.15) is 5.75 Å². The third-order valence-corrected chi connectivity index (χ3v) is 3.49. The van der Waals surface area contributed by atoms with Gasteiger partial charge in [-0.2, -0.15) is 0 Å². The molecule has 0 aromatic heterocycles. The molecule has 3 heteroatoms. The van der Waals surface area contributed by atoms with Crippen molar-refractivity contribution in [2.24, 2.45) is 5.92 Å². The van der Waals surface area contributed by atoms with Crippen LogP contribution in [-0.4, -0.2) is 28.5 Å². The SMILES string of the molecule is OCCCCCCCC(CO)Cc1ccc(O)cc1. The summed E-state index contributed by atoms with van der Waals surface area (Å²) in [7, 11) is 0. The Kier molecular flexibility index (Phi) is 8.26. The Morgan fingerprint density at radius 2 is 1.47 bits per heavy atom. The number of phenolic OH excluding ortho intramolecular Hbond substituents is 1. The van der Waals surface area contributed by atoms with Gasteiger partial charge in [-0.15, -0.1) is 0 Å². The van der Waals surface area contributed by atoms with E-state index in [0.717, 1.165) is 44.1 Å². The predicted molar refractivity (Wildman–Crippen MR) is 77.2 cm³/mol. The van der Waals surface area contributed by atoms with Gasteiger partial charge >= 0.3 is 0 Å².